The topological polar surface area (TPSA) is 69.6 Å². The van der Waals surface area contributed by atoms with Crippen molar-refractivity contribution in [3.05, 3.63) is 35.9 Å². The van der Waals surface area contributed by atoms with Crippen LogP contribution in [0.15, 0.2) is 30.3 Å². The highest BCUT2D eigenvalue weighted by Gasteiger charge is 2.28. The number of carbonyl (C=O) groups excluding carboxylic acids is 2. The highest BCUT2D eigenvalue weighted by molar-refractivity contribution is 5.94. The van der Waals surface area contributed by atoms with E-state index < -0.39 is 0 Å². The predicted molar refractivity (Wildman–Crippen MR) is 89.0 cm³/mol. The van der Waals surface area contributed by atoms with Gasteiger partial charge in [-0.3, -0.25) is 9.59 Å². The predicted octanol–water partition coefficient (Wildman–Crippen LogP) is 1.82. The molecule has 2 rings (SSSR count). The molecule has 0 bridgehead atoms. The molecular weight excluding hydrogens is 292 g/mol. The average Bonchev–Trinajstić information content (AvgIpc) is 2.59. The Morgan fingerprint density at radius 3 is 2.70 bits per heavy atom. The third kappa shape index (κ3) is 5.06. The van der Waals surface area contributed by atoms with Crippen molar-refractivity contribution >= 4 is 11.8 Å². The second kappa shape index (κ2) is 8.67. The Balaban J connectivity index is 1.71. The number of carbonyl (C=O) groups is 2. The number of nitrogens with zero attached hydrogens (tertiary/aromatic N) is 1. The quantitative estimate of drug-likeness (QED) is 0.786. The SMILES string of the molecule is CC1CCC(CO)CN1C(=O)CCCNC(=O)c1ccccc1. The molecule has 1 saturated heterocycles. The zero-order chi connectivity index (χ0) is 16.7. The van der Waals surface area contributed by atoms with Crippen molar-refractivity contribution in [2.75, 3.05) is 19.7 Å². The first-order valence-electron chi connectivity index (χ1n) is 8.35. The van der Waals surface area contributed by atoms with E-state index >= 15 is 0 Å². The number of aliphatic hydroxyl groups excluding tert-OH is 1. The molecule has 126 valence electrons. The second-order valence-electron chi connectivity index (χ2n) is 6.25. The van der Waals surface area contributed by atoms with Crippen LogP contribution < -0.4 is 5.32 Å². The highest BCUT2D eigenvalue weighted by Crippen LogP contribution is 2.22. The number of aliphatic hydroxyl groups is 1. The van der Waals surface area contributed by atoms with E-state index in [1.807, 2.05) is 23.1 Å². The van der Waals surface area contributed by atoms with E-state index in [9.17, 15) is 14.7 Å². The first-order valence-corrected chi connectivity index (χ1v) is 8.35. The number of nitrogens with one attached hydrogen (secondary N) is 1. The number of piperidine rings is 1. The normalized spacial score (nSPS) is 21.0. The summed E-state index contributed by atoms with van der Waals surface area (Å²) in [5.74, 6) is 0.210. The van der Waals surface area contributed by atoms with Crippen molar-refractivity contribution in [1.29, 1.82) is 0 Å². The standard InChI is InChI=1S/C18H26N2O3/c1-14-9-10-15(13-21)12-20(14)17(22)8-5-11-19-18(23)16-6-3-2-4-7-16/h2-4,6-7,14-15,21H,5,8-13H2,1H3,(H,19,23). The number of amides is 2. The van der Waals surface area contributed by atoms with Crippen LogP contribution in [0, 0.1) is 5.92 Å². The zero-order valence-corrected chi connectivity index (χ0v) is 13.7. The molecule has 0 radical (unpaired) electrons. The molecular formula is C18H26N2O3. The Hall–Kier alpha value is -1.88. The van der Waals surface area contributed by atoms with Gasteiger partial charge >= 0.3 is 0 Å². The molecule has 0 spiro atoms. The van der Waals surface area contributed by atoms with E-state index in [1.54, 1.807) is 12.1 Å². The Bertz CT molecular complexity index is 518. The average molecular weight is 318 g/mol. The first-order chi connectivity index (χ1) is 11.1. The summed E-state index contributed by atoms with van der Waals surface area (Å²) in [5, 5.41) is 12.1. The molecule has 2 atom stereocenters. The van der Waals surface area contributed by atoms with E-state index in [-0.39, 0.29) is 30.4 Å². The summed E-state index contributed by atoms with van der Waals surface area (Å²) in [4.78, 5) is 26.1. The molecule has 1 aliphatic heterocycles. The lowest BCUT2D eigenvalue weighted by Gasteiger charge is -2.37. The van der Waals surface area contributed by atoms with E-state index in [1.165, 1.54) is 0 Å². The van der Waals surface area contributed by atoms with Gasteiger partial charge < -0.3 is 15.3 Å². The smallest absolute Gasteiger partial charge is 0.251 e. The van der Waals surface area contributed by atoms with Gasteiger partial charge in [0.25, 0.3) is 5.91 Å². The molecule has 0 saturated carbocycles. The molecule has 0 aliphatic carbocycles. The highest BCUT2D eigenvalue weighted by atomic mass is 16.3. The molecule has 1 aliphatic rings. The van der Waals surface area contributed by atoms with Gasteiger partial charge in [0.05, 0.1) is 0 Å². The fraction of sp³-hybridized carbons (Fsp3) is 0.556. The van der Waals surface area contributed by atoms with Crippen LogP contribution in [-0.4, -0.2) is 47.6 Å². The minimum atomic E-state index is -0.107. The summed E-state index contributed by atoms with van der Waals surface area (Å²) in [6, 6.07) is 9.30. The summed E-state index contributed by atoms with van der Waals surface area (Å²) in [7, 11) is 0. The van der Waals surface area contributed by atoms with Crippen LogP contribution in [0.2, 0.25) is 0 Å². The van der Waals surface area contributed by atoms with Crippen molar-refractivity contribution in [2.24, 2.45) is 5.92 Å². The van der Waals surface area contributed by atoms with Crippen LogP contribution in [-0.2, 0) is 4.79 Å². The lowest BCUT2D eigenvalue weighted by molar-refractivity contribution is -0.136. The van der Waals surface area contributed by atoms with Crippen molar-refractivity contribution < 1.29 is 14.7 Å². The summed E-state index contributed by atoms with van der Waals surface area (Å²) < 4.78 is 0. The Morgan fingerprint density at radius 1 is 1.26 bits per heavy atom. The fourth-order valence-electron chi connectivity index (χ4n) is 2.96. The third-order valence-corrected chi connectivity index (χ3v) is 4.45. The maximum absolute atomic E-state index is 12.3. The Morgan fingerprint density at radius 2 is 2.00 bits per heavy atom. The van der Waals surface area contributed by atoms with Crippen LogP contribution in [0.3, 0.4) is 0 Å². The van der Waals surface area contributed by atoms with Gasteiger partial charge in [0.1, 0.15) is 0 Å². The maximum Gasteiger partial charge on any atom is 0.251 e. The number of rotatable bonds is 6. The Kier molecular flexibility index (Phi) is 6.59. The van der Waals surface area contributed by atoms with Crippen molar-refractivity contribution in [3.63, 3.8) is 0 Å². The molecule has 23 heavy (non-hydrogen) atoms. The summed E-state index contributed by atoms with van der Waals surface area (Å²) >= 11 is 0. The largest absolute Gasteiger partial charge is 0.396 e. The van der Waals surface area contributed by atoms with E-state index in [4.69, 9.17) is 0 Å². The number of hydrogen-bond acceptors (Lipinski definition) is 3. The van der Waals surface area contributed by atoms with Crippen molar-refractivity contribution in [3.8, 4) is 0 Å². The van der Waals surface area contributed by atoms with Gasteiger partial charge in [-0.1, -0.05) is 18.2 Å². The molecule has 2 N–H and O–H groups in total. The Labute approximate surface area is 137 Å². The first kappa shape index (κ1) is 17.5. The molecule has 1 fully saturated rings. The van der Waals surface area contributed by atoms with Gasteiger partial charge in [-0.2, -0.15) is 0 Å². The van der Waals surface area contributed by atoms with E-state index in [0.717, 1.165) is 12.8 Å². The van der Waals surface area contributed by atoms with Gasteiger partial charge in [0.15, 0.2) is 0 Å². The second-order valence-corrected chi connectivity index (χ2v) is 6.25. The molecule has 1 heterocycles. The monoisotopic (exact) mass is 318 g/mol. The number of hydrogen-bond donors (Lipinski definition) is 2. The minimum absolute atomic E-state index is 0.107. The van der Waals surface area contributed by atoms with Crippen molar-refractivity contribution in [2.45, 2.75) is 38.6 Å². The molecule has 1 aromatic rings. The van der Waals surface area contributed by atoms with Gasteiger partial charge in [0, 0.05) is 37.7 Å². The van der Waals surface area contributed by atoms with Crippen LogP contribution in [0.5, 0.6) is 0 Å². The summed E-state index contributed by atoms with van der Waals surface area (Å²) in [6.07, 6.45) is 2.98. The van der Waals surface area contributed by atoms with Crippen LogP contribution in [0.25, 0.3) is 0 Å². The fourth-order valence-corrected chi connectivity index (χ4v) is 2.96. The van der Waals surface area contributed by atoms with Gasteiger partial charge in [-0.15, -0.1) is 0 Å². The van der Waals surface area contributed by atoms with E-state index in [0.29, 0.717) is 31.5 Å². The molecule has 5 heteroatoms. The van der Waals surface area contributed by atoms with Gasteiger partial charge in [0.2, 0.25) is 5.91 Å². The molecule has 5 nitrogen and oxygen atoms in total. The molecule has 0 aromatic heterocycles. The minimum Gasteiger partial charge on any atom is -0.396 e. The zero-order valence-electron chi connectivity index (χ0n) is 13.7. The molecule has 2 unspecified atom stereocenters. The maximum atomic E-state index is 12.3. The number of benzene rings is 1. The van der Waals surface area contributed by atoms with Crippen molar-refractivity contribution in [1.82, 2.24) is 10.2 Å². The lowest BCUT2D eigenvalue weighted by atomic mass is 9.94. The third-order valence-electron chi connectivity index (χ3n) is 4.45. The molecule has 1 aromatic carbocycles. The van der Waals surface area contributed by atoms with Crippen LogP contribution in [0.4, 0.5) is 0 Å². The lowest BCUT2D eigenvalue weighted by Crippen LogP contribution is -2.46. The van der Waals surface area contributed by atoms with Gasteiger partial charge in [-0.05, 0) is 44.2 Å². The van der Waals surface area contributed by atoms with Gasteiger partial charge in [-0.25, -0.2) is 0 Å². The van der Waals surface area contributed by atoms with Crippen LogP contribution >= 0.6 is 0 Å². The summed E-state index contributed by atoms with van der Waals surface area (Å²) in [5.41, 5.74) is 0.634. The summed E-state index contributed by atoms with van der Waals surface area (Å²) in [6.45, 7) is 3.34. The van der Waals surface area contributed by atoms with Crippen LogP contribution in [0.1, 0.15) is 43.0 Å². The number of likely N-dealkylation sites (tertiary alicyclic amines) is 1. The molecule has 2 amide bonds. The van der Waals surface area contributed by atoms with E-state index in [2.05, 4.69) is 12.2 Å².